The standard InChI is InChI=1S/C20H23ClFN3O/c1-13-11-25(4-3-24-13)12-17-6-18(21)5-15(14(17)2)8-20(26)16-7-19(22)10-23-9-16/h5-7,9-10,13,24H,3-4,8,11-12H2,1-2H3/t13-/m0/s1. The molecule has 1 atom stereocenters. The number of Topliss-reactive ketones (excluding diaryl/α,β-unsaturated/α-hetero) is 1. The fraction of sp³-hybridized carbons (Fsp3) is 0.400. The lowest BCUT2D eigenvalue weighted by molar-refractivity contribution is 0.0992. The maximum atomic E-state index is 13.3. The van der Waals surface area contributed by atoms with Crippen molar-refractivity contribution in [2.45, 2.75) is 32.9 Å². The molecule has 1 aliphatic rings. The second-order valence-corrected chi connectivity index (χ2v) is 7.37. The summed E-state index contributed by atoms with van der Waals surface area (Å²) in [4.78, 5) is 18.7. The van der Waals surface area contributed by atoms with E-state index in [9.17, 15) is 9.18 Å². The van der Waals surface area contributed by atoms with E-state index in [2.05, 4.69) is 22.1 Å². The molecule has 1 saturated heterocycles. The van der Waals surface area contributed by atoms with Crippen molar-refractivity contribution in [3.05, 3.63) is 63.7 Å². The van der Waals surface area contributed by atoms with E-state index in [0.717, 1.165) is 49.1 Å². The van der Waals surface area contributed by atoms with Gasteiger partial charge in [-0.25, -0.2) is 4.39 Å². The number of pyridine rings is 1. The number of aromatic nitrogens is 1. The Balaban J connectivity index is 1.79. The summed E-state index contributed by atoms with van der Waals surface area (Å²) in [6, 6.07) is 5.48. The Morgan fingerprint density at radius 1 is 1.35 bits per heavy atom. The van der Waals surface area contributed by atoms with Gasteiger partial charge in [-0.1, -0.05) is 11.6 Å². The molecule has 1 aromatic heterocycles. The Kier molecular flexibility index (Phi) is 6.01. The maximum Gasteiger partial charge on any atom is 0.168 e. The van der Waals surface area contributed by atoms with Gasteiger partial charge in [-0.15, -0.1) is 0 Å². The van der Waals surface area contributed by atoms with Gasteiger partial charge in [0.1, 0.15) is 5.82 Å². The molecule has 4 nitrogen and oxygen atoms in total. The van der Waals surface area contributed by atoms with Crippen LogP contribution in [0.15, 0.2) is 30.6 Å². The molecule has 0 saturated carbocycles. The highest BCUT2D eigenvalue weighted by Crippen LogP contribution is 2.24. The summed E-state index contributed by atoms with van der Waals surface area (Å²) in [5, 5.41) is 4.05. The number of nitrogens with one attached hydrogen (secondary N) is 1. The smallest absolute Gasteiger partial charge is 0.168 e. The van der Waals surface area contributed by atoms with Crippen LogP contribution in [-0.2, 0) is 13.0 Å². The number of carbonyl (C=O) groups is 1. The molecule has 2 heterocycles. The average Bonchev–Trinajstić information content (AvgIpc) is 2.59. The van der Waals surface area contributed by atoms with Crippen LogP contribution in [0.3, 0.4) is 0 Å². The van der Waals surface area contributed by atoms with Gasteiger partial charge in [-0.2, -0.15) is 0 Å². The molecule has 0 amide bonds. The summed E-state index contributed by atoms with van der Waals surface area (Å²) >= 11 is 6.31. The number of hydrogen-bond donors (Lipinski definition) is 1. The molecule has 0 bridgehead atoms. The fourth-order valence-electron chi connectivity index (χ4n) is 3.38. The summed E-state index contributed by atoms with van der Waals surface area (Å²) in [6.45, 7) is 7.94. The van der Waals surface area contributed by atoms with E-state index in [1.807, 2.05) is 19.1 Å². The van der Waals surface area contributed by atoms with E-state index in [-0.39, 0.29) is 17.8 Å². The molecule has 1 aromatic carbocycles. The number of benzene rings is 1. The lowest BCUT2D eigenvalue weighted by Gasteiger charge is -2.32. The largest absolute Gasteiger partial charge is 0.312 e. The number of piperazine rings is 1. The molecule has 1 fully saturated rings. The van der Waals surface area contributed by atoms with E-state index in [1.165, 1.54) is 12.3 Å². The first-order chi connectivity index (χ1) is 12.4. The van der Waals surface area contributed by atoms with Gasteiger partial charge in [0.25, 0.3) is 0 Å². The van der Waals surface area contributed by atoms with Crippen molar-refractivity contribution in [1.82, 2.24) is 15.2 Å². The zero-order chi connectivity index (χ0) is 18.7. The van der Waals surface area contributed by atoms with E-state index in [1.54, 1.807) is 0 Å². The van der Waals surface area contributed by atoms with Crippen LogP contribution in [0.2, 0.25) is 5.02 Å². The van der Waals surface area contributed by atoms with Crippen LogP contribution >= 0.6 is 11.6 Å². The molecule has 6 heteroatoms. The summed E-state index contributed by atoms with van der Waals surface area (Å²) in [6.07, 6.45) is 2.67. The number of nitrogens with zero attached hydrogens (tertiary/aromatic N) is 2. The predicted molar refractivity (Wildman–Crippen MR) is 101 cm³/mol. The van der Waals surface area contributed by atoms with Crippen molar-refractivity contribution in [3.63, 3.8) is 0 Å². The Labute approximate surface area is 158 Å². The van der Waals surface area contributed by atoms with Crippen LogP contribution in [0.1, 0.15) is 34.0 Å². The molecule has 1 N–H and O–H groups in total. The van der Waals surface area contributed by atoms with Crippen LogP contribution in [-0.4, -0.2) is 41.3 Å². The number of ketones is 1. The normalized spacial score (nSPS) is 18.1. The topological polar surface area (TPSA) is 45.2 Å². The molecule has 138 valence electrons. The minimum Gasteiger partial charge on any atom is -0.312 e. The van der Waals surface area contributed by atoms with Crippen LogP contribution < -0.4 is 5.32 Å². The molecular formula is C20H23ClFN3O. The number of halogens is 2. The maximum absolute atomic E-state index is 13.3. The molecule has 3 rings (SSSR count). The molecule has 1 aliphatic heterocycles. The Hall–Kier alpha value is -1.82. The molecule has 0 aliphatic carbocycles. The van der Waals surface area contributed by atoms with Crippen LogP contribution in [0.5, 0.6) is 0 Å². The SMILES string of the molecule is Cc1c(CC(=O)c2cncc(F)c2)cc(Cl)cc1CN1CCN[C@@H](C)C1. The van der Waals surface area contributed by atoms with E-state index >= 15 is 0 Å². The highest BCUT2D eigenvalue weighted by atomic mass is 35.5. The lowest BCUT2D eigenvalue weighted by atomic mass is 9.96. The minimum absolute atomic E-state index is 0.163. The van der Waals surface area contributed by atoms with Gasteiger partial charge in [0.15, 0.2) is 5.78 Å². The molecular weight excluding hydrogens is 353 g/mol. The second kappa shape index (κ2) is 8.25. The number of hydrogen-bond acceptors (Lipinski definition) is 4. The van der Waals surface area contributed by atoms with Crippen molar-refractivity contribution in [1.29, 1.82) is 0 Å². The van der Waals surface area contributed by atoms with Crippen LogP contribution in [0.4, 0.5) is 4.39 Å². The van der Waals surface area contributed by atoms with Gasteiger partial charge in [0.2, 0.25) is 0 Å². The number of rotatable bonds is 5. The minimum atomic E-state index is -0.507. The van der Waals surface area contributed by atoms with Gasteiger partial charge in [-0.05, 0) is 48.7 Å². The van der Waals surface area contributed by atoms with Crippen molar-refractivity contribution >= 4 is 17.4 Å². The zero-order valence-electron chi connectivity index (χ0n) is 15.1. The third-order valence-corrected chi connectivity index (χ3v) is 5.03. The molecule has 2 aromatic rings. The van der Waals surface area contributed by atoms with Gasteiger partial charge >= 0.3 is 0 Å². The van der Waals surface area contributed by atoms with Gasteiger partial charge in [-0.3, -0.25) is 14.7 Å². The monoisotopic (exact) mass is 375 g/mol. The van der Waals surface area contributed by atoms with Gasteiger partial charge < -0.3 is 5.32 Å². The van der Waals surface area contributed by atoms with E-state index in [4.69, 9.17) is 11.6 Å². The summed E-state index contributed by atoms with van der Waals surface area (Å²) in [7, 11) is 0. The van der Waals surface area contributed by atoms with Gasteiger partial charge in [0, 0.05) is 55.4 Å². The summed E-state index contributed by atoms with van der Waals surface area (Å²) in [5.74, 6) is -0.670. The second-order valence-electron chi connectivity index (χ2n) is 6.93. The highest BCUT2D eigenvalue weighted by Gasteiger charge is 2.18. The Morgan fingerprint density at radius 3 is 2.85 bits per heavy atom. The lowest BCUT2D eigenvalue weighted by Crippen LogP contribution is -2.48. The Morgan fingerprint density at radius 2 is 2.12 bits per heavy atom. The summed E-state index contributed by atoms with van der Waals surface area (Å²) in [5.41, 5.74) is 3.36. The zero-order valence-corrected chi connectivity index (χ0v) is 15.8. The molecule has 0 unspecified atom stereocenters. The third kappa shape index (κ3) is 4.67. The van der Waals surface area contributed by atoms with E-state index in [0.29, 0.717) is 11.1 Å². The van der Waals surface area contributed by atoms with Gasteiger partial charge in [0.05, 0.1) is 6.20 Å². The quantitative estimate of drug-likeness (QED) is 0.813. The van der Waals surface area contributed by atoms with Crippen molar-refractivity contribution in [2.24, 2.45) is 0 Å². The Bertz CT molecular complexity index is 812. The molecule has 0 radical (unpaired) electrons. The third-order valence-electron chi connectivity index (χ3n) is 4.81. The first-order valence-corrected chi connectivity index (χ1v) is 9.17. The fourth-order valence-corrected chi connectivity index (χ4v) is 3.64. The highest BCUT2D eigenvalue weighted by molar-refractivity contribution is 6.30. The van der Waals surface area contributed by atoms with Crippen LogP contribution in [0.25, 0.3) is 0 Å². The van der Waals surface area contributed by atoms with Crippen LogP contribution in [0, 0.1) is 12.7 Å². The first-order valence-electron chi connectivity index (χ1n) is 8.80. The molecule has 0 spiro atoms. The van der Waals surface area contributed by atoms with E-state index < -0.39 is 5.82 Å². The van der Waals surface area contributed by atoms with Crippen molar-refractivity contribution < 1.29 is 9.18 Å². The van der Waals surface area contributed by atoms with Crippen molar-refractivity contribution in [3.8, 4) is 0 Å². The molecule has 26 heavy (non-hydrogen) atoms. The predicted octanol–water partition coefficient (Wildman–Crippen LogP) is 3.40. The number of carbonyl (C=O) groups excluding carboxylic acids is 1. The summed E-state index contributed by atoms with van der Waals surface area (Å²) < 4.78 is 13.3. The average molecular weight is 376 g/mol. The van der Waals surface area contributed by atoms with Crippen molar-refractivity contribution in [2.75, 3.05) is 19.6 Å². The first kappa shape index (κ1) is 19.0.